The maximum atomic E-state index is 12.8. The van der Waals surface area contributed by atoms with Gasteiger partial charge in [-0.05, 0) is 57.4 Å². The van der Waals surface area contributed by atoms with Crippen molar-refractivity contribution in [2.75, 3.05) is 6.54 Å². The smallest absolute Gasteiger partial charge is 0.271 e. The van der Waals surface area contributed by atoms with Crippen LogP contribution >= 0.6 is 11.3 Å². The summed E-state index contributed by atoms with van der Waals surface area (Å²) in [7, 11) is 0. The van der Waals surface area contributed by atoms with Crippen LogP contribution in [0.5, 0.6) is 0 Å². The molecule has 3 heterocycles. The molecule has 2 amide bonds. The quantitative estimate of drug-likeness (QED) is 0.426. The summed E-state index contributed by atoms with van der Waals surface area (Å²) in [5.41, 5.74) is 5.77. The summed E-state index contributed by atoms with van der Waals surface area (Å²) in [6, 6.07) is 7.98. The first-order valence-corrected chi connectivity index (χ1v) is 10.7. The van der Waals surface area contributed by atoms with Gasteiger partial charge in [0.15, 0.2) is 10.4 Å². The van der Waals surface area contributed by atoms with Crippen LogP contribution in [0.2, 0.25) is 0 Å². The number of thiophene rings is 1. The molecule has 0 radical (unpaired) electrons. The summed E-state index contributed by atoms with van der Waals surface area (Å²) >= 11 is 1.40. The Kier molecular flexibility index (Phi) is 5.11. The molecule has 1 aliphatic heterocycles. The van der Waals surface area contributed by atoms with Crippen LogP contribution in [0, 0.1) is 32.1 Å². The maximum Gasteiger partial charge on any atom is 0.271 e. The number of amides is 2. The number of nitrogens with zero attached hydrogens (tertiary/aromatic N) is 3. The average molecular weight is 432 g/mol. The molecule has 2 aromatic heterocycles. The van der Waals surface area contributed by atoms with Gasteiger partial charge in [0.2, 0.25) is 5.89 Å². The Morgan fingerprint density at radius 3 is 2.39 bits per heavy atom. The van der Waals surface area contributed by atoms with Crippen molar-refractivity contribution in [2.24, 2.45) is 0 Å². The fourth-order valence-electron chi connectivity index (χ4n) is 4.01. The normalized spacial score (nSPS) is 16.0. The Labute approximate surface area is 184 Å². The largest absolute Gasteiger partial charge is 0.435 e. The zero-order valence-corrected chi connectivity index (χ0v) is 18.8. The van der Waals surface area contributed by atoms with E-state index in [-0.39, 0.29) is 12.1 Å². The van der Waals surface area contributed by atoms with E-state index in [1.807, 2.05) is 26.0 Å². The van der Waals surface area contributed by atoms with Gasteiger partial charge in [0.25, 0.3) is 11.8 Å². The van der Waals surface area contributed by atoms with Crippen LogP contribution in [0.4, 0.5) is 0 Å². The molecule has 0 unspecified atom stereocenters. The van der Waals surface area contributed by atoms with E-state index in [4.69, 9.17) is 4.42 Å². The Bertz CT molecular complexity index is 1310. The molecule has 31 heavy (non-hydrogen) atoms. The summed E-state index contributed by atoms with van der Waals surface area (Å²) in [6.07, 6.45) is 1.70. The van der Waals surface area contributed by atoms with E-state index in [9.17, 15) is 14.9 Å². The monoisotopic (exact) mass is 431 g/mol. The first-order chi connectivity index (χ1) is 14.7. The Hall–Kier alpha value is -3.50. The minimum atomic E-state index is -0.542. The van der Waals surface area contributed by atoms with E-state index < -0.39 is 11.8 Å². The minimum absolute atomic E-state index is 0.00123. The highest BCUT2D eigenvalue weighted by molar-refractivity contribution is 7.19. The summed E-state index contributed by atoms with van der Waals surface area (Å²) in [5, 5.41) is 9.38. The lowest BCUT2D eigenvalue weighted by atomic mass is 9.95. The van der Waals surface area contributed by atoms with Crippen molar-refractivity contribution in [3.8, 4) is 17.5 Å². The van der Waals surface area contributed by atoms with Crippen molar-refractivity contribution in [3.05, 3.63) is 56.5 Å². The van der Waals surface area contributed by atoms with E-state index in [0.29, 0.717) is 22.6 Å². The Morgan fingerprint density at radius 1 is 1.13 bits per heavy atom. The van der Waals surface area contributed by atoms with E-state index >= 15 is 0 Å². The summed E-state index contributed by atoms with van der Waals surface area (Å²) < 4.78 is 6.04. The van der Waals surface area contributed by atoms with Gasteiger partial charge in [0, 0.05) is 28.6 Å². The minimum Gasteiger partial charge on any atom is -0.435 e. The highest BCUT2D eigenvalue weighted by Gasteiger charge is 2.34. The third-order valence-electron chi connectivity index (χ3n) is 5.43. The first-order valence-electron chi connectivity index (χ1n) is 9.93. The van der Waals surface area contributed by atoms with Crippen LogP contribution in [0.25, 0.3) is 27.9 Å². The van der Waals surface area contributed by atoms with Gasteiger partial charge in [-0.3, -0.25) is 14.5 Å². The van der Waals surface area contributed by atoms with E-state index in [1.54, 1.807) is 19.9 Å². The summed E-state index contributed by atoms with van der Waals surface area (Å²) in [6.45, 7) is 9.69. The molecule has 1 aromatic carbocycles. The number of likely N-dealkylation sites (N-methyl/N-ethyl adjacent to an activating group) is 1. The lowest BCUT2D eigenvalue weighted by molar-refractivity contribution is -0.140. The van der Waals surface area contributed by atoms with Crippen LogP contribution in [0.1, 0.15) is 35.4 Å². The van der Waals surface area contributed by atoms with E-state index in [1.165, 1.54) is 16.9 Å². The van der Waals surface area contributed by atoms with Crippen LogP contribution < -0.4 is 0 Å². The standard InChI is InChI=1S/C24H21N3O3S/c1-6-27-23(28)17(15(5)18(11-25)24(27)29)9-16-10-19-22(31-16)26-21(30-19)20-13(3)7-12(2)8-14(20)4/h7-10H,6H2,1-5H3/b17-9-. The number of oxazole rings is 1. The second-order valence-corrected chi connectivity index (χ2v) is 8.70. The third-order valence-corrected chi connectivity index (χ3v) is 6.38. The highest BCUT2D eigenvalue weighted by atomic mass is 32.1. The van der Waals surface area contributed by atoms with Crippen molar-refractivity contribution in [3.63, 3.8) is 0 Å². The molecule has 1 aliphatic rings. The number of carbonyl (C=O) groups is 2. The second kappa shape index (κ2) is 7.64. The molecule has 0 aliphatic carbocycles. The van der Waals surface area contributed by atoms with Crippen LogP contribution in [0.3, 0.4) is 0 Å². The van der Waals surface area contributed by atoms with Crippen molar-refractivity contribution in [2.45, 2.75) is 34.6 Å². The number of benzene rings is 1. The summed E-state index contributed by atoms with van der Waals surface area (Å²) in [4.78, 5) is 32.4. The molecule has 0 saturated heterocycles. The van der Waals surface area contributed by atoms with Gasteiger partial charge < -0.3 is 4.42 Å². The maximum absolute atomic E-state index is 12.8. The van der Waals surface area contributed by atoms with Crippen LogP contribution in [-0.4, -0.2) is 28.2 Å². The zero-order chi connectivity index (χ0) is 22.4. The molecule has 0 atom stereocenters. The number of hydrogen-bond acceptors (Lipinski definition) is 6. The molecule has 0 N–H and O–H groups in total. The molecular formula is C24H21N3O3S. The van der Waals surface area contributed by atoms with Gasteiger partial charge in [-0.1, -0.05) is 17.7 Å². The number of imide groups is 1. The number of aryl methyl sites for hydroxylation is 3. The van der Waals surface area contributed by atoms with Gasteiger partial charge in [0.1, 0.15) is 11.6 Å². The molecule has 156 valence electrons. The van der Waals surface area contributed by atoms with Gasteiger partial charge in [0.05, 0.1) is 0 Å². The van der Waals surface area contributed by atoms with Crippen molar-refractivity contribution in [1.82, 2.24) is 9.88 Å². The third kappa shape index (κ3) is 3.39. The zero-order valence-electron chi connectivity index (χ0n) is 18.0. The molecule has 0 spiro atoms. The summed E-state index contributed by atoms with van der Waals surface area (Å²) in [5.74, 6) is -0.358. The lowest BCUT2D eigenvalue weighted by Crippen LogP contribution is -2.42. The van der Waals surface area contributed by atoms with Gasteiger partial charge in [-0.2, -0.15) is 10.2 Å². The molecule has 0 bridgehead atoms. The van der Waals surface area contributed by atoms with Crippen molar-refractivity contribution < 1.29 is 14.0 Å². The fraction of sp³-hybridized carbons (Fsp3) is 0.250. The molecular weight excluding hydrogens is 410 g/mol. The number of carbonyl (C=O) groups excluding carboxylic acids is 2. The number of nitriles is 1. The van der Waals surface area contributed by atoms with Crippen LogP contribution in [0.15, 0.2) is 39.3 Å². The topological polar surface area (TPSA) is 87.2 Å². The number of rotatable bonds is 3. The van der Waals surface area contributed by atoms with Crippen LogP contribution in [-0.2, 0) is 9.59 Å². The van der Waals surface area contributed by atoms with E-state index in [0.717, 1.165) is 31.3 Å². The predicted molar refractivity (Wildman–Crippen MR) is 120 cm³/mol. The van der Waals surface area contributed by atoms with Gasteiger partial charge in [-0.15, -0.1) is 11.3 Å². The van der Waals surface area contributed by atoms with Gasteiger partial charge >= 0.3 is 0 Å². The SMILES string of the molecule is CCN1C(=O)C(C#N)=C(C)/C(=C/c2cc3oc(-c4c(C)cc(C)cc4C)nc3s2)C1=O. The number of aromatic nitrogens is 1. The molecule has 0 fully saturated rings. The molecule has 7 heteroatoms. The molecule has 4 rings (SSSR count). The Morgan fingerprint density at radius 2 is 1.81 bits per heavy atom. The average Bonchev–Trinajstić information content (AvgIpc) is 3.23. The highest BCUT2D eigenvalue weighted by Crippen LogP contribution is 2.35. The van der Waals surface area contributed by atoms with Crippen molar-refractivity contribution in [1.29, 1.82) is 5.26 Å². The number of hydrogen-bond donors (Lipinski definition) is 0. The molecule has 3 aromatic rings. The lowest BCUT2D eigenvalue weighted by Gasteiger charge is -2.26. The van der Waals surface area contributed by atoms with Gasteiger partial charge in [-0.25, -0.2) is 0 Å². The predicted octanol–water partition coefficient (Wildman–Crippen LogP) is 5.09. The Balaban J connectivity index is 1.77. The molecule has 6 nitrogen and oxygen atoms in total. The van der Waals surface area contributed by atoms with E-state index in [2.05, 4.69) is 24.0 Å². The fourth-order valence-corrected chi connectivity index (χ4v) is 4.90. The number of fused-ring (bicyclic) bond motifs is 1. The van der Waals surface area contributed by atoms with Crippen molar-refractivity contribution >= 4 is 39.6 Å². The first kappa shape index (κ1) is 20.8. The molecule has 0 saturated carbocycles. The second-order valence-electron chi connectivity index (χ2n) is 7.64.